The Kier molecular flexibility index (Phi) is 3.08. The van der Waals surface area contributed by atoms with Gasteiger partial charge in [0.15, 0.2) is 5.13 Å². The molecule has 1 heterocycles. The summed E-state index contributed by atoms with van der Waals surface area (Å²) in [4.78, 5) is 14.8. The maximum atomic E-state index is 10.9. The zero-order valence-corrected chi connectivity index (χ0v) is 11.2. The van der Waals surface area contributed by atoms with Crippen molar-refractivity contribution >= 4 is 27.8 Å². The minimum absolute atomic E-state index is 0.0540. The van der Waals surface area contributed by atoms with Crippen molar-refractivity contribution in [3.8, 4) is 6.07 Å². The van der Waals surface area contributed by atoms with E-state index in [4.69, 9.17) is 5.26 Å². The third-order valence-electron chi connectivity index (χ3n) is 3.08. The molecule has 0 unspecified atom stereocenters. The van der Waals surface area contributed by atoms with E-state index in [0.717, 1.165) is 5.69 Å². The van der Waals surface area contributed by atoms with E-state index in [9.17, 15) is 10.1 Å². The molecule has 100 valence electrons. The van der Waals surface area contributed by atoms with Gasteiger partial charge in [-0.3, -0.25) is 10.1 Å². The molecule has 6 nitrogen and oxygen atoms in total. The van der Waals surface area contributed by atoms with Gasteiger partial charge in [-0.05, 0) is 25.0 Å². The Morgan fingerprint density at radius 3 is 2.95 bits per heavy atom. The van der Waals surface area contributed by atoms with Crippen molar-refractivity contribution in [1.82, 2.24) is 4.98 Å². The SMILES string of the molecule is N#Cc1ccc(Nc2nc(C3CC3)cs2)cc1[N+](=O)[O-]. The molecule has 1 aliphatic carbocycles. The number of thiazole rings is 1. The summed E-state index contributed by atoms with van der Waals surface area (Å²) >= 11 is 1.48. The third-order valence-corrected chi connectivity index (χ3v) is 3.86. The van der Waals surface area contributed by atoms with Gasteiger partial charge in [0.1, 0.15) is 11.6 Å². The molecule has 1 aliphatic rings. The molecule has 0 amide bonds. The lowest BCUT2D eigenvalue weighted by Gasteiger charge is -2.03. The van der Waals surface area contributed by atoms with Gasteiger partial charge in [-0.25, -0.2) is 4.98 Å². The van der Waals surface area contributed by atoms with Gasteiger partial charge in [-0.2, -0.15) is 5.26 Å². The lowest BCUT2D eigenvalue weighted by Crippen LogP contribution is -1.95. The van der Waals surface area contributed by atoms with Gasteiger partial charge in [0.25, 0.3) is 5.69 Å². The third kappa shape index (κ3) is 2.46. The predicted octanol–water partition coefficient (Wildman–Crippen LogP) is 3.54. The van der Waals surface area contributed by atoms with Crippen molar-refractivity contribution in [2.24, 2.45) is 0 Å². The highest BCUT2D eigenvalue weighted by molar-refractivity contribution is 7.13. The minimum atomic E-state index is -0.554. The van der Waals surface area contributed by atoms with Gasteiger partial charge in [0, 0.05) is 23.1 Å². The first-order valence-electron chi connectivity index (χ1n) is 6.08. The quantitative estimate of drug-likeness (QED) is 0.685. The first-order valence-corrected chi connectivity index (χ1v) is 6.96. The van der Waals surface area contributed by atoms with Gasteiger partial charge in [0.05, 0.1) is 10.6 Å². The van der Waals surface area contributed by atoms with Crippen molar-refractivity contribution < 1.29 is 4.92 Å². The summed E-state index contributed by atoms with van der Waals surface area (Å²) in [6, 6.07) is 6.25. The van der Waals surface area contributed by atoms with Gasteiger partial charge < -0.3 is 5.32 Å². The predicted molar refractivity (Wildman–Crippen MR) is 75.2 cm³/mol. The number of nitriles is 1. The van der Waals surface area contributed by atoms with Crippen LogP contribution in [0.15, 0.2) is 23.6 Å². The molecular formula is C13H10N4O2S. The van der Waals surface area contributed by atoms with Crippen molar-refractivity contribution in [2.45, 2.75) is 18.8 Å². The van der Waals surface area contributed by atoms with Gasteiger partial charge >= 0.3 is 0 Å². The van der Waals surface area contributed by atoms with Crippen LogP contribution in [0, 0.1) is 21.4 Å². The molecule has 1 N–H and O–H groups in total. The molecule has 3 rings (SSSR count). The number of aromatic nitrogens is 1. The molecule has 1 saturated carbocycles. The second-order valence-corrected chi connectivity index (χ2v) is 5.44. The van der Waals surface area contributed by atoms with Crippen molar-refractivity contribution in [1.29, 1.82) is 5.26 Å². The molecule has 20 heavy (non-hydrogen) atoms. The molecule has 0 radical (unpaired) electrons. The van der Waals surface area contributed by atoms with Crippen LogP contribution >= 0.6 is 11.3 Å². The summed E-state index contributed by atoms with van der Waals surface area (Å²) in [6.07, 6.45) is 2.37. The molecule has 1 fully saturated rings. The molecule has 0 bridgehead atoms. The number of nitrogens with zero attached hydrogens (tertiary/aromatic N) is 3. The van der Waals surface area contributed by atoms with E-state index in [1.807, 2.05) is 11.4 Å². The van der Waals surface area contributed by atoms with Gasteiger partial charge in [0.2, 0.25) is 0 Å². The number of anilines is 2. The molecule has 0 spiro atoms. The summed E-state index contributed by atoms with van der Waals surface area (Å²) in [5.74, 6) is 0.581. The largest absolute Gasteiger partial charge is 0.331 e. The lowest BCUT2D eigenvalue weighted by atomic mass is 10.2. The average molecular weight is 286 g/mol. The molecule has 0 saturated heterocycles. The van der Waals surface area contributed by atoms with Crippen LogP contribution in [0.1, 0.15) is 30.0 Å². The van der Waals surface area contributed by atoms with Crippen molar-refractivity contribution in [2.75, 3.05) is 5.32 Å². The molecule has 2 aromatic rings. The van der Waals surface area contributed by atoms with E-state index < -0.39 is 4.92 Å². The summed E-state index contributed by atoms with van der Waals surface area (Å²) < 4.78 is 0. The zero-order valence-electron chi connectivity index (χ0n) is 10.4. The highest BCUT2D eigenvalue weighted by atomic mass is 32.1. The summed E-state index contributed by atoms with van der Waals surface area (Å²) in [7, 11) is 0. The van der Waals surface area contributed by atoms with Crippen LogP contribution in [0.3, 0.4) is 0 Å². The fourth-order valence-electron chi connectivity index (χ4n) is 1.89. The lowest BCUT2D eigenvalue weighted by molar-refractivity contribution is -0.385. The van der Waals surface area contributed by atoms with Crippen LogP contribution in [0.5, 0.6) is 0 Å². The maximum Gasteiger partial charge on any atom is 0.289 e. The van der Waals surface area contributed by atoms with Crippen LogP contribution in [-0.4, -0.2) is 9.91 Å². The summed E-state index contributed by atoms with van der Waals surface area (Å²) in [6.45, 7) is 0. The van der Waals surface area contributed by atoms with Crippen LogP contribution in [0.2, 0.25) is 0 Å². The molecule has 0 aliphatic heterocycles. The van der Waals surface area contributed by atoms with E-state index in [0.29, 0.717) is 16.7 Å². The van der Waals surface area contributed by atoms with Gasteiger partial charge in [-0.15, -0.1) is 11.3 Å². The van der Waals surface area contributed by atoms with Crippen LogP contribution < -0.4 is 5.32 Å². The van der Waals surface area contributed by atoms with Crippen LogP contribution in [0.25, 0.3) is 0 Å². The molecule has 0 atom stereocenters. The normalized spacial score (nSPS) is 13.8. The van der Waals surface area contributed by atoms with Crippen molar-refractivity contribution in [3.05, 3.63) is 45.0 Å². The summed E-state index contributed by atoms with van der Waals surface area (Å²) in [5.41, 5.74) is 1.50. The molecule has 7 heteroatoms. The monoisotopic (exact) mass is 286 g/mol. The fraction of sp³-hybridized carbons (Fsp3) is 0.231. The Bertz CT molecular complexity index is 715. The second kappa shape index (κ2) is 4.90. The zero-order chi connectivity index (χ0) is 14.1. The molecule has 1 aromatic heterocycles. The fourth-order valence-corrected chi connectivity index (χ4v) is 2.70. The first-order chi connectivity index (χ1) is 9.67. The van der Waals surface area contributed by atoms with E-state index in [2.05, 4.69) is 10.3 Å². The number of benzene rings is 1. The number of hydrogen-bond donors (Lipinski definition) is 1. The maximum absolute atomic E-state index is 10.9. The van der Waals surface area contributed by atoms with E-state index >= 15 is 0 Å². The molecular weight excluding hydrogens is 276 g/mol. The molecule has 1 aromatic carbocycles. The topological polar surface area (TPSA) is 91.8 Å². The average Bonchev–Trinajstić information content (AvgIpc) is 3.19. The summed E-state index contributed by atoms with van der Waals surface area (Å²) in [5, 5.41) is 25.5. The highest BCUT2D eigenvalue weighted by Gasteiger charge is 2.26. The number of nitro benzene ring substituents is 1. The first kappa shape index (κ1) is 12.6. The number of nitrogens with one attached hydrogen (secondary N) is 1. The Morgan fingerprint density at radius 2 is 2.30 bits per heavy atom. The van der Waals surface area contributed by atoms with E-state index in [1.165, 1.54) is 36.3 Å². The Balaban J connectivity index is 1.84. The minimum Gasteiger partial charge on any atom is -0.331 e. The van der Waals surface area contributed by atoms with E-state index in [-0.39, 0.29) is 11.3 Å². The van der Waals surface area contributed by atoms with Crippen LogP contribution in [0.4, 0.5) is 16.5 Å². The number of nitro groups is 1. The Morgan fingerprint density at radius 1 is 1.50 bits per heavy atom. The second-order valence-electron chi connectivity index (χ2n) is 4.58. The standard InChI is InChI=1S/C13H10N4O2S/c14-6-9-3-4-10(5-12(9)17(18)19)15-13-16-11(7-20-13)8-1-2-8/h3-5,7-8H,1-2H2,(H,15,16). The smallest absolute Gasteiger partial charge is 0.289 e. The number of hydrogen-bond acceptors (Lipinski definition) is 6. The van der Waals surface area contributed by atoms with Crippen LogP contribution in [-0.2, 0) is 0 Å². The van der Waals surface area contributed by atoms with Gasteiger partial charge in [-0.1, -0.05) is 0 Å². The highest BCUT2D eigenvalue weighted by Crippen LogP contribution is 2.41. The van der Waals surface area contributed by atoms with E-state index in [1.54, 1.807) is 6.07 Å². The van der Waals surface area contributed by atoms with Crippen molar-refractivity contribution in [3.63, 3.8) is 0 Å². The Labute approximate surface area is 118 Å². The number of rotatable bonds is 4. The Hall–Kier alpha value is -2.46.